The summed E-state index contributed by atoms with van der Waals surface area (Å²) in [6, 6.07) is 9.84. The van der Waals surface area contributed by atoms with Gasteiger partial charge in [-0.1, -0.05) is 36.4 Å². The lowest BCUT2D eigenvalue weighted by atomic mass is 10.0. The molecule has 0 heterocycles. The number of carbonyl (C=O) groups is 2. The van der Waals surface area contributed by atoms with Gasteiger partial charge in [-0.05, 0) is 25.0 Å². The summed E-state index contributed by atoms with van der Waals surface area (Å²) in [5, 5.41) is 0. The van der Waals surface area contributed by atoms with Crippen molar-refractivity contribution in [2.45, 2.75) is 38.7 Å². The van der Waals surface area contributed by atoms with Gasteiger partial charge in [-0.3, -0.25) is 4.79 Å². The number of rotatable bonds is 7. The highest BCUT2D eigenvalue weighted by atomic mass is 16.7. The van der Waals surface area contributed by atoms with E-state index in [1.807, 2.05) is 36.4 Å². The molecule has 1 aliphatic rings. The topological polar surface area (TPSA) is 64.6 Å². The zero-order valence-corrected chi connectivity index (χ0v) is 13.2. The molecule has 0 bridgehead atoms. The van der Waals surface area contributed by atoms with Crippen molar-refractivity contribution in [2.75, 3.05) is 0 Å². The van der Waals surface area contributed by atoms with E-state index in [9.17, 15) is 9.59 Å². The van der Waals surface area contributed by atoms with Crippen LogP contribution in [0.5, 0.6) is 0 Å². The summed E-state index contributed by atoms with van der Waals surface area (Å²) < 4.78 is 5.86. The first-order chi connectivity index (χ1) is 11.2. The van der Waals surface area contributed by atoms with E-state index in [-0.39, 0.29) is 18.4 Å². The average molecular weight is 315 g/mol. The lowest BCUT2D eigenvalue weighted by Gasteiger charge is -2.24. The number of amides is 1. The van der Waals surface area contributed by atoms with Crippen molar-refractivity contribution < 1.29 is 19.2 Å². The van der Waals surface area contributed by atoms with Crippen LogP contribution in [0.15, 0.2) is 54.3 Å². The normalized spacial score (nSPS) is 14.6. The van der Waals surface area contributed by atoms with Gasteiger partial charge in [0.15, 0.2) is 0 Å². The molecule has 1 amide bonds. The van der Waals surface area contributed by atoms with Crippen LogP contribution in [-0.2, 0) is 25.6 Å². The highest BCUT2D eigenvalue weighted by Crippen LogP contribution is 2.23. The predicted octanol–water partition coefficient (Wildman–Crippen LogP) is 2.83. The van der Waals surface area contributed by atoms with E-state index in [1.165, 1.54) is 6.08 Å². The molecule has 23 heavy (non-hydrogen) atoms. The highest BCUT2D eigenvalue weighted by molar-refractivity contribution is 5.84. The third-order valence-corrected chi connectivity index (χ3v) is 3.37. The van der Waals surface area contributed by atoms with Gasteiger partial charge in [-0.25, -0.2) is 4.79 Å². The standard InChI is InChI=1S/C18H21NO4/c1-2-7-18(21)23-19-17(20)13-16(22-15-10-6-11-15)12-14-8-4-3-5-9-14/h2-5,7-10,16H,6,11-13H2,1H3,(H,19,20). The second-order valence-corrected chi connectivity index (χ2v) is 5.29. The summed E-state index contributed by atoms with van der Waals surface area (Å²) in [6.45, 7) is 1.69. The first-order valence-electron chi connectivity index (χ1n) is 7.69. The van der Waals surface area contributed by atoms with Crippen molar-refractivity contribution in [3.63, 3.8) is 0 Å². The molecular formula is C18H21NO4. The molecule has 122 valence electrons. The van der Waals surface area contributed by atoms with Gasteiger partial charge in [-0.2, -0.15) is 5.48 Å². The Balaban J connectivity index is 1.88. The van der Waals surface area contributed by atoms with Crippen molar-refractivity contribution >= 4 is 11.9 Å². The maximum Gasteiger partial charge on any atom is 0.355 e. The first-order valence-corrected chi connectivity index (χ1v) is 7.69. The fourth-order valence-electron chi connectivity index (χ4n) is 2.14. The molecule has 0 aliphatic heterocycles. The Labute approximate surface area is 135 Å². The smallest absolute Gasteiger partial charge is 0.355 e. The Bertz CT molecular complexity index is 592. The Morgan fingerprint density at radius 1 is 1.30 bits per heavy atom. The second-order valence-electron chi connectivity index (χ2n) is 5.29. The number of hydrogen-bond donors (Lipinski definition) is 1. The van der Waals surface area contributed by atoms with Gasteiger partial charge < -0.3 is 9.57 Å². The molecule has 2 rings (SSSR count). The summed E-state index contributed by atoms with van der Waals surface area (Å²) in [6.07, 6.45) is 7.16. The maximum absolute atomic E-state index is 11.9. The molecular weight excluding hydrogens is 294 g/mol. The maximum atomic E-state index is 11.9. The van der Waals surface area contributed by atoms with Crippen LogP contribution < -0.4 is 5.48 Å². The summed E-state index contributed by atoms with van der Waals surface area (Å²) in [5.41, 5.74) is 3.25. The minimum absolute atomic E-state index is 0.120. The van der Waals surface area contributed by atoms with Gasteiger partial charge >= 0.3 is 5.97 Å². The molecule has 0 aromatic heterocycles. The minimum atomic E-state index is -0.608. The molecule has 5 heteroatoms. The lowest BCUT2D eigenvalue weighted by Crippen LogP contribution is -2.31. The van der Waals surface area contributed by atoms with Gasteiger partial charge in [0.1, 0.15) is 6.10 Å². The van der Waals surface area contributed by atoms with Crippen LogP contribution in [0.2, 0.25) is 0 Å². The Morgan fingerprint density at radius 3 is 2.65 bits per heavy atom. The van der Waals surface area contributed by atoms with E-state index in [1.54, 1.807) is 13.0 Å². The van der Waals surface area contributed by atoms with E-state index in [4.69, 9.17) is 4.74 Å². The molecule has 5 nitrogen and oxygen atoms in total. The van der Waals surface area contributed by atoms with Gasteiger partial charge in [-0.15, -0.1) is 0 Å². The summed E-state index contributed by atoms with van der Waals surface area (Å²) in [5.74, 6) is -0.0728. The van der Waals surface area contributed by atoms with Crippen LogP contribution in [-0.4, -0.2) is 18.0 Å². The number of ether oxygens (including phenoxy) is 1. The number of hydrogen-bond acceptors (Lipinski definition) is 4. The summed E-state index contributed by atoms with van der Waals surface area (Å²) in [4.78, 5) is 27.8. The van der Waals surface area contributed by atoms with Crippen LogP contribution in [0.4, 0.5) is 0 Å². The van der Waals surface area contributed by atoms with Gasteiger partial charge in [0, 0.05) is 18.9 Å². The Kier molecular flexibility index (Phi) is 6.41. The first kappa shape index (κ1) is 16.8. The monoisotopic (exact) mass is 315 g/mol. The molecule has 1 aromatic carbocycles. The Morgan fingerprint density at radius 2 is 2.04 bits per heavy atom. The van der Waals surface area contributed by atoms with Gasteiger partial charge in [0.2, 0.25) is 0 Å². The molecule has 0 radical (unpaired) electrons. The summed E-state index contributed by atoms with van der Waals surface area (Å²) >= 11 is 0. The largest absolute Gasteiger partial charge is 0.494 e. The number of carbonyl (C=O) groups excluding carboxylic acids is 2. The van der Waals surface area contributed by atoms with E-state index in [2.05, 4.69) is 10.3 Å². The highest BCUT2D eigenvalue weighted by Gasteiger charge is 2.20. The fraction of sp³-hybridized carbons (Fsp3) is 0.333. The Hall–Kier alpha value is -2.56. The zero-order chi connectivity index (χ0) is 16.5. The zero-order valence-electron chi connectivity index (χ0n) is 13.2. The van der Waals surface area contributed by atoms with E-state index in [0.29, 0.717) is 6.42 Å². The fourth-order valence-corrected chi connectivity index (χ4v) is 2.14. The molecule has 1 N–H and O–H groups in total. The lowest BCUT2D eigenvalue weighted by molar-refractivity contribution is -0.154. The third-order valence-electron chi connectivity index (χ3n) is 3.37. The van der Waals surface area contributed by atoms with Crippen molar-refractivity contribution in [3.8, 4) is 0 Å². The van der Waals surface area contributed by atoms with Gasteiger partial charge in [0.25, 0.3) is 5.91 Å². The second kappa shape index (κ2) is 8.78. The molecule has 1 unspecified atom stereocenters. The number of nitrogens with one attached hydrogen (secondary N) is 1. The quantitative estimate of drug-likeness (QED) is 0.621. The molecule has 0 saturated carbocycles. The average Bonchev–Trinajstić information content (AvgIpc) is 2.50. The molecule has 0 saturated heterocycles. The van der Waals surface area contributed by atoms with Crippen molar-refractivity contribution in [1.82, 2.24) is 5.48 Å². The number of allylic oxidation sites excluding steroid dienone is 3. The van der Waals surface area contributed by atoms with Crippen LogP contribution in [0.25, 0.3) is 0 Å². The minimum Gasteiger partial charge on any atom is -0.494 e. The van der Waals surface area contributed by atoms with E-state index in [0.717, 1.165) is 24.2 Å². The number of hydroxylamine groups is 1. The third kappa shape index (κ3) is 5.98. The molecule has 0 fully saturated rings. The number of benzene rings is 1. The van der Waals surface area contributed by atoms with Crippen molar-refractivity contribution in [1.29, 1.82) is 0 Å². The van der Waals surface area contributed by atoms with Crippen LogP contribution in [0.1, 0.15) is 31.7 Å². The van der Waals surface area contributed by atoms with Crippen LogP contribution in [0, 0.1) is 0 Å². The molecule has 1 atom stereocenters. The van der Waals surface area contributed by atoms with E-state index >= 15 is 0 Å². The molecule has 1 aliphatic carbocycles. The SMILES string of the molecule is CC=CC(=O)ONC(=O)CC(Cc1ccccc1)OC1=CCC1. The van der Waals surface area contributed by atoms with Crippen molar-refractivity contribution in [3.05, 3.63) is 59.9 Å². The van der Waals surface area contributed by atoms with E-state index < -0.39 is 5.97 Å². The molecule has 1 aromatic rings. The summed E-state index contributed by atoms with van der Waals surface area (Å²) in [7, 11) is 0. The van der Waals surface area contributed by atoms with Crippen LogP contribution >= 0.6 is 0 Å². The van der Waals surface area contributed by atoms with Crippen molar-refractivity contribution in [2.24, 2.45) is 0 Å². The molecule has 0 spiro atoms. The van der Waals surface area contributed by atoms with Crippen LogP contribution in [0.3, 0.4) is 0 Å². The van der Waals surface area contributed by atoms with Gasteiger partial charge in [0.05, 0.1) is 12.2 Å². The predicted molar refractivity (Wildman–Crippen MR) is 86.0 cm³/mol.